The zero-order valence-corrected chi connectivity index (χ0v) is 16.6. The lowest BCUT2D eigenvalue weighted by Crippen LogP contribution is -2.27. The number of hydrogen-bond acceptors (Lipinski definition) is 4. The molecule has 4 atom stereocenters. The van der Waals surface area contributed by atoms with E-state index < -0.39 is 0 Å². The Bertz CT molecular complexity index is 710. The van der Waals surface area contributed by atoms with Crippen molar-refractivity contribution >= 4 is 28.2 Å². The molecule has 3 aliphatic rings. The number of carbonyl (C=O) groups excluding carboxylic acids is 2. The Morgan fingerprint density at radius 1 is 1.23 bits per heavy atom. The largest absolute Gasteiger partial charge is 0.462 e. The van der Waals surface area contributed by atoms with Crippen molar-refractivity contribution in [1.29, 1.82) is 0 Å². The van der Waals surface area contributed by atoms with E-state index in [2.05, 4.69) is 12.2 Å². The van der Waals surface area contributed by atoms with E-state index in [0.717, 1.165) is 48.6 Å². The zero-order chi connectivity index (χ0) is 18.3. The number of carbonyl (C=O) groups is 2. The molecule has 1 aromatic rings. The second kappa shape index (κ2) is 7.34. The van der Waals surface area contributed by atoms with Gasteiger partial charge in [-0.1, -0.05) is 20.3 Å². The molecule has 0 unspecified atom stereocenters. The third kappa shape index (κ3) is 3.30. The number of esters is 1. The monoisotopic (exact) mass is 375 g/mol. The molecule has 4 nitrogen and oxygen atoms in total. The van der Waals surface area contributed by atoms with Crippen LogP contribution in [0.4, 0.5) is 5.00 Å². The van der Waals surface area contributed by atoms with Gasteiger partial charge in [0, 0.05) is 10.8 Å². The van der Waals surface area contributed by atoms with Crippen LogP contribution in [-0.2, 0) is 22.4 Å². The molecule has 0 spiro atoms. The lowest BCUT2D eigenvalue weighted by molar-refractivity contribution is -0.121. The molecule has 1 amide bonds. The van der Waals surface area contributed by atoms with Crippen LogP contribution in [0.25, 0.3) is 0 Å². The maximum atomic E-state index is 12.9. The van der Waals surface area contributed by atoms with E-state index in [4.69, 9.17) is 4.74 Å². The summed E-state index contributed by atoms with van der Waals surface area (Å²) in [7, 11) is 0. The van der Waals surface area contributed by atoms with Crippen molar-refractivity contribution in [3.05, 3.63) is 16.0 Å². The van der Waals surface area contributed by atoms with Gasteiger partial charge < -0.3 is 10.1 Å². The van der Waals surface area contributed by atoms with E-state index in [-0.39, 0.29) is 17.8 Å². The van der Waals surface area contributed by atoms with Crippen LogP contribution < -0.4 is 5.32 Å². The molecule has 0 aromatic carbocycles. The topological polar surface area (TPSA) is 55.4 Å². The van der Waals surface area contributed by atoms with Gasteiger partial charge in [-0.3, -0.25) is 4.79 Å². The Morgan fingerprint density at radius 2 is 2.08 bits per heavy atom. The fraction of sp³-hybridized carbons (Fsp3) is 0.714. The number of thiophene rings is 1. The maximum absolute atomic E-state index is 12.9. The van der Waals surface area contributed by atoms with Crippen molar-refractivity contribution in [2.75, 3.05) is 11.9 Å². The number of hydrogen-bond donors (Lipinski definition) is 1. The van der Waals surface area contributed by atoms with Crippen molar-refractivity contribution < 1.29 is 14.3 Å². The van der Waals surface area contributed by atoms with Gasteiger partial charge in [0.15, 0.2) is 0 Å². The fourth-order valence-electron chi connectivity index (χ4n) is 5.09. The molecule has 0 radical (unpaired) electrons. The predicted octanol–water partition coefficient (Wildman–Crippen LogP) is 4.81. The average Bonchev–Trinajstić information content (AvgIpc) is 3.32. The third-order valence-corrected chi connectivity index (χ3v) is 7.63. The molecule has 1 N–H and O–H groups in total. The number of fused-ring (bicyclic) bond motifs is 3. The van der Waals surface area contributed by atoms with Crippen molar-refractivity contribution in [2.24, 2.45) is 23.7 Å². The van der Waals surface area contributed by atoms with Crippen LogP contribution in [0.15, 0.2) is 0 Å². The summed E-state index contributed by atoms with van der Waals surface area (Å²) in [6.07, 6.45) is 8.52. The number of amides is 1. The highest BCUT2D eigenvalue weighted by atomic mass is 32.1. The quantitative estimate of drug-likeness (QED) is 0.751. The Balaban J connectivity index is 1.58. The molecule has 5 heteroatoms. The molecule has 1 heterocycles. The summed E-state index contributed by atoms with van der Waals surface area (Å²) < 4.78 is 5.44. The van der Waals surface area contributed by atoms with E-state index in [1.165, 1.54) is 24.1 Å². The summed E-state index contributed by atoms with van der Waals surface area (Å²) >= 11 is 1.60. The second-order valence-corrected chi connectivity index (χ2v) is 9.57. The molecule has 3 aliphatic carbocycles. The van der Waals surface area contributed by atoms with Gasteiger partial charge in [0.25, 0.3) is 0 Å². The molecule has 2 bridgehead atoms. The van der Waals surface area contributed by atoms with Crippen molar-refractivity contribution in [1.82, 2.24) is 0 Å². The number of rotatable bonds is 5. The molecule has 2 saturated carbocycles. The zero-order valence-electron chi connectivity index (χ0n) is 15.8. The smallest absolute Gasteiger partial charge is 0.341 e. The summed E-state index contributed by atoms with van der Waals surface area (Å²) in [5.74, 6) is 1.91. The third-order valence-electron chi connectivity index (χ3n) is 6.46. The van der Waals surface area contributed by atoms with Gasteiger partial charge in [0.05, 0.1) is 12.2 Å². The van der Waals surface area contributed by atoms with Crippen molar-refractivity contribution in [3.63, 3.8) is 0 Å². The van der Waals surface area contributed by atoms with Crippen LogP contribution in [0.1, 0.15) is 73.2 Å². The molecule has 0 aliphatic heterocycles. The van der Waals surface area contributed by atoms with Crippen LogP contribution in [0.5, 0.6) is 0 Å². The molecular weight excluding hydrogens is 346 g/mol. The van der Waals surface area contributed by atoms with E-state index in [1.807, 2.05) is 6.92 Å². The first-order valence-corrected chi connectivity index (χ1v) is 11.0. The molecule has 142 valence electrons. The van der Waals surface area contributed by atoms with Crippen molar-refractivity contribution in [3.8, 4) is 0 Å². The summed E-state index contributed by atoms with van der Waals surface area (Å²) in [4.78, 5) is 26.9. The highest BCUT2D eigenvalue weighted by Gasteiger charge is 2.43. The van der Waals surface area contributed by atoms with E-state index in [9.17, 15) is 9.59 Å². The summed E-state index contributed by atoms with van der Waals surface area (Å²) in [6.45, 7) is 4.68. The van der Waals surface area contributed by atoms with Gasteiger partial charge in [0.1, 0.15) is 5.00 Å². The first-order chi connectivity index (χ1) is 12.6. The van der Waals surface area contributed by atoms with E-state index >= 15 is 0 Å². The van der Waals surface area contributed by atoms with Crippen LogP contribution in [0, 0.1) is 23.7 Å². The van der Waals surface area contributed by atoms with Gasteiger partial charge in [-0.2, -0.15) is 0 Å². The molecule has 1 aromatic heterocycles. The molecule has 0 saturated heterocycles. The SMILES string of the molecule is CCCOC(=O)c1c(NC(=O)[C@@H]2C[C@H]3CC[C@H]2C3)sc2c1CC[C@@H](C)C2. The van der Waals surface area contributed by atoms with Crippen LogP contribution in [-0.4, -0.2) is 18.5 Å². The van der Waals surface area contributed by atoms with Gasteiger partial charge in [-0.25, -0.2) is 4.79 Å². The summed E-state index contributed by atoms with van der Waals surface area (Å²) in [5.41, 5.74) is 1.76. The number of nitrogens with one attached hydrogen (secondary N) is 1. The maximum Gasteiger partial charge on any atom is 0.341 e. The first-order valence-electron chi connectivity index (χ1n) is 10.2. The highest BCUT2D eigenvalue weighted by Crippen LogP contribution is 2.49. The highest BCUT2D eigenvalue weighted by molar-refractivity contribution is 7.17. The van der Waals surface area contributed by atoms with E-state index in [1.54, 1.807) is 11.3 Å². The number of ether oxygens (including phenoxy) is 1. The predicted molar refractivity (Wildman–Crippen MR) is 104 cm³/mol. The molecular formula is C21H29NO3S. The van der Waals surface area contributed by atoms with Crippen molar-refractivity contribution in [2.45, 2.75) is 65.2 Å². The van der Waals surface area contributed by atoms with Crippen LogP contribution in [0.3, 0.4) is 0 Å². The van der Waals surface area contributed by atoms with Gasteiger partial charge in [0.2, 0.25) is 5.91 Å². The lowest BCUT2D eigenvalue weighted by atomic mass is 9.87. The Labute approximate surface area is 159 Å². The Kier molecular flexibility index (Phi) is 5.09. The molecule has 4 rings (SSSR count). The minimum absolute atomic E-state index is 0.119. The Morgan fingerprint density at radius 3 is 2.77 bits per heavy atom. The Hall–Kier alpha value is -1.36. The normalized spacial score (nSPS) is 29.5. The lowest BCUT2D eigenvalue weighted by Gasteiger charge is -2.20. The number of anilines is 1. The van der Waals surface area contributed by atoms with Gasteiger partial charge in [-0.15, -0.1) is 11.3 Å². The minimum Gasteiger partial charge on any atom is -0.462 e. The minimum atomic E-state index is -0.262. The fourth-order valence-corrected chi connectivity index (χ4v) is 6.49. The standard InChI is InChI=1S/C21H29NO3S/c1-3-8-25-21(24)18-15-7-4-12(2)9-17(15)26-20(18)22-19(23)16-11-13-5-6-14(16)10-13/h12-14,16H,3-11H2,1-2H3,(H,22,23)/t12-,13+,14+,16-/m1/s1. The second-order valence-electron chi connectivity index (χ2n) is 8.46. The van der Waals surface area contributed by atoms with Gasteiger partial charge >= 0.3 is 5.97 Å². The molecule has 26 heavy (non-hydrogen) atoms. The average molecular weight is 376 g/mol. The van der Waals surface area contributed by atoms with E-state index in [0.29, 0.717) is 24.0 Å². The van der Waals surface area contributed by atoms with Crippen LogP contribution in [0.2, 0.25) is 0 Å². The first kappa shape index (κ1) is 18.0. The molecule has 2 fully saturated rings. The van der Waals surface area contributed by atoms with Crippen LogP contribution >= 0.6 is 11.3 Å². The van der Waals surface area contributed by atoms with Gasteiger partial charge in [-0.05, 0) is 68.3 Å². The summed E-state index contributed by atoms with van der Waals surface area (Å²) in [5, 5.41) is 3.88. The summed E-state index contributed by atoms with van der Waals surface area (Å²) in [6, 6.07) is 0.